The van der Waals surface area contributed by atoms with Gasteiger partial charge in [-0.2, -0.15) is 0 Å². The molecule has 0 fully saturated rings. The van der Waals surface area contributed by atoms with Crippen LogP contribution in [-0.2, 0) is 0 Å². The molecule has 0 saturated carbocycles. The topological polar surface area (TPSA) is 0 Å². The van der Waals surface area contributed by atoms with Crippen LogP contribution in [0.3, 0.4) is 0 Å². The van der Waals surface area contributed by atoms with Gasteiger partial charge in [0.15, 0.2) is 0 Å². The highest BCUT2D eigenvalue weighted by Gasteiger charge is 1.89. The molecule has 0 radical (unpaired) electrons. The first-order chi connectivity index (χ1) is 5.68. The Morgan fingerprint density at radius 1 is 1.33 bits per heavy atom. The van der Waals surface area contributed by atoms with Gasteiger partial charge < -0.3 is 0 Å². The molecule has 0 aliphatic heterocycles. The van der Waals surface area contributed by atoms with Crippen LogP contribution in [-0.4, -0.2) is 0 Å². The van der Waals surface area contributed by atoms with Crippen molar-refractivity contribution in [3.05, 3.63) is 40.9 Å². The fourth-order valence-electron chi connectivity index (χ4n) is 0.914. The minimum absolute atomic E-state index is 0.587. The SMILES string of the molecule is CC(C)/C=C\c1cccc(Cl)c1. The van der Waals surface area contributed by atoms with E-state index in [1.807, 2.05) is 24.3 Å². The average Bonchev–Trinajstić information content (AvgIpc) is 2.01. The largest absolute Gasteiger partial charge is 0.0843 e. The Morgan fingerprint density at radius 2 is 2.08 bits per heavy atom. The second kappa shape index (κ2) is 4.32. The second-order valence-corrected chi connectivity index (χ2v) is 3.59. The van der Waals surface area contributed by atoms with Gasteiger partial charge in [-0.3, -0.25) is 0 Å². The van der Waals surface area contributed by atoms with Gasteiger partial charge in [0.1, 0.15) is 0 Å². The Balaban J connectivity index is 2.76. The van der Waals surface area contributed by atoms with E-state index >= 15 is 0 Å². The Hall–Kier alpha value is -0.750. The van der Waals surface area contributed by atoms with Gasteiger partial charge in [-0.25, -0.2) is 0 Å². The summed E-state index contributed by atoms with van der Waals surface area (Å²) in [5, 5.41) is 0.793. The lowest BCUT2D eigenvalue weighted by Crippen LogP contribution is -1.77. The molecule has 0 bridgehead atoms. The van der Waals surface area contributed by atoms with Crippen LogP contribution in [0.1, 0.15) is 19.4 Å². The lowest BCUT2D eigenvalue weighted by molar-refractivity contribution is 0.836. The molecule has 0 aliphatic carbocycles. The van der Waals surface area contributed by atoms with Crippen molar-refractivity contribution in [3.8, 4) is 0 Å². The molecule has 1 aromatic carbocycles. The molecule has 0 N–H and O–H groups in total. The van der Waals surface area contributed by atoms with Crippen LogP contribution < -0.4 is 0 Å². The first kappa shape index (κ1) is 9.34. The van der Waals surface area contributed by atoms with Gasteiger partial charge >= 0.3 is 0 Å². The van der Waals surface area contributed by atoms with E-state index in [0.717, 1.165) is 10.6 Å². The molecule has 0 atom stereocenters. The lowest BCUT2D eigenvalue weighted by atomic mass is 10.1. The quantitative estimate of drug-likeness (QED) is 0.645. The maximum atomic E-state index is 5.83. The van der Waals surface area contributed by atoms with Crippen LogP contribution in [0.5, 0.6) is 0 Å². The number of hydrogen-bond donors (Lipinski definition) is 0. The standard InChI is InChI=1S/C11H13Cl/c1-9(2)6-7-10-4-3-5-11(12)8-10/h3-9H,1-2H3/b7-6-. The molecular weight excluding hydrogens is 168 g/mol. The van der Waals surface area contributed by atoms with Gasteiger partial charge in [0.25, 0.3) is 0 Å². The number of halogens is 1. The summed E-state index contributed by atoms with van der Waals surface area (Å²) >= 11 is 5.83. The Kier molecular flexibility index (Phi) is 3.36. The van der Waals surface area contributed by atoms with Crippen molar-refractivity contribution < 1.29 is 0 Å². The zero-order valence-corrected chi connectivity index (χ0v) is 8.18. The summed E-state index contributed by atoms with van der Waals surface area (Å²) in [5.74, 6) is 0.587. The van der Waals surface area contributed by atoms with Crippen LogP contribution in [0, 0.1) is 5.92 Å². The monoisotopic (exact) mass is 180 g/mol. The molecule has 1 rings (SSSR count). The average molecular weight is 181 g/mol. The van der Waals surface area contributed by atoms with Crippen molar-refractivity contribution >= 4 is 17.7 Å². The van der Waals surface area contributed by atoms with E-state index in [4.69, 9.17) is 11.6 Å². The van der Waals surface area contributed by atoms with E-state index < -0.39 is 0 Å². The third kappa shape index (κ3) is 3.10. The molecule has 0 spiro atoms. The lowest BCUT2D eigenvalue weighted by Gasteiger charge is -1.95. The predicted molar refractivity (Wildman–Crippen MR) is 55.3 cm³/mol. The highest BCUT2D eigenvalue weighted by molar-refractivity contribution is 6.30. The maximum absolute atomic E-state index is 5.83. The molecule has 0 nitrogen and oxygen atoms in total. The molecule has 64 valence electrons. The van der Waals surface area contributed by atoms with Crippen molar-refractivity contribution in [3.63, 3.8) is 0 Å². The smallest absolute Gasteiger partial charge is 0.0411 e. The van der Waals surface area contributed by atoms with Crippen LogP contribution in [0.25, 0.3) is 6.08 Å². The van der Waals surface area contributed by atoms with Gasteiger partial charge in [0.05, 0.1) is 0 Å². The summed E-state index contributed by atoms with van der Waals surface area (Å²) in [4.78, 5) is 0. The second-order valence-electron chi connectivity index (χ2n) is 3.16. The van der Waals surface area contributed by atoms with E-state index in [0.29, 0.717) is 5.92 Å². The van der Waals surface area contributed by atoms with Crippen LogP contribution in [0.4, 0.5) is 0 Å². The van der Waals surface area contributed by atoms with Gasteiger partial charge in [-0.1, -0.05) is 49.7 Å². The highest BCUT2D eigenvalue weighted by atomic mass is 35.5. The first-order valence-electron chi connectivity index (χ1n) is 4.12. The summed E-state index contributed by atoms with van der Waals surface area (Å²) < 4.78 is 0. The van der Waals surface area contributed by atoms with Gasteiger partial charge in [0, 0.05) is 5.02 Å². The zero-order valence-electron chi connectivity index (χ0n) is 7.42. The number of hydrogen-bond acceptors (Lipinski definition) is 0. The Bertz CT molecular complexity index is 274. The molecule has 0 unspecified atom stereocenters. The summed E-state index contributed by atoms with van der Waals surface area (Å²) in [6.45, 7) is 4.31. The van der Waals surface area contributed by atoms with E-state index in [-0.39, 0.29) is 0 Å². The Morgan fingerprint density at radius 3 is 2.67 bits per heavy atom. The molecule has 0 saturated heterocycles. The fraction of sp³-hybridized carbons (Fsp3) is 0.273. The summed E-state index contributed by atoms with van der Waals surface area (Å²) in [5.41, 5.74) is 1.16. The summed E-state index contributed by atoms with van der Waals surface area (Å²) in [7, 11) is 0. The molecule has 0 amide bonds. The molecule has 0 aliphatic rings. The summed E-state index contributed by atoms with van der Waals surface area (Å²) in [6, 6.07) is 7.85. The van der Waals surface area contributed by atoms with E-state index in [1.54, 1.807) is 0 Å². The van der Waals surface area contributed by atoms with Crippen molar-refractivity contribution in [2.75, 3.05) is 0 Å². The van der Waals surface area contributed by atoms with Gasteiger partial charge in [0.2, 0.25) is 0 Å². The number of benzene rings is 1. The maximum Gasteiger partial charge on any atom is 0.0411 e. The molecule has 1 heteroatoms. The third-order valence-electron chi connectivity index (χ3n) is 1.52. The first-order valence-corrected chi connectivity index (χ1v) is 4.50. The minimum atomic E-state index is 0.587. The number of allylic oxidation sites excluding steroid dienone is 1. The van der Waals surface area contributed by atoms with Crippen molar-refractivity contribution in [2.24, 2.45) is 5.92 Å². The summed E-state index contributed by atoms with van der Waals surface area (Å²) in [6.07, 6.45) is 4.25. The zero-order chi connectivity index (χ0) is 8.97. The molecular formula is C11H13Cl. The molecule has 1 aromatic rings. The van der Waals surface area contributed by atoms with Crippen molar-refractivity contribution in [1.29, 1.82) is 0 Å². The van der Waals surface area contributed by atoms with E-state index in [9.17, 15) is 0 Å². The number of rotatable bonds is 2. The van der Waals surface area contributed by atoms with Crippen LogP contribution >= 0.6 is 11.6 Å². The van der Waals surface area contributed by atoms with Gasteiger partial charge in [-0.05, 0) is 23.6 Å². The van der Waals surface area contributed by atoms with Crippen molar-refractivity contribution in [1.82, 2.24) is 0 Å². The van der Waals surface area contributed by atoms with Gasteiger partial charge in [-0.15, -0.1) is 0 Å². The predicted octanol–water partition coefficient (Wildman–Crippen LogP) is 4.01. The Labute approximate surface area is 78.9 Å². The highest BCUT2D eigenvalue weighted by Crippen LogP contribution is 2.12. The van der Waals surface area contributed by atoms with Crippen molar-refractivity contribution in [2.45, 2.75) is 13.8 Å². The third-order valence-corrected chi connectivity index (χ3v) is 1.76. The minimum Gasteiger partial charge on any atom is -0.0843 e. The molecule has 12 heavy (non-hydrogen) atoms. The van der Waals surface area contributed by atoms with E-state index in [1.165, 1.54) is 0 Å². The van der Waals surface area contributed by atoms with E-state index in [2.05, 4.69) is 26.0 Å². The molecule has 0 aromatic heterocycles. The fourth-order valence-corrected chi connectivity index (χ4v) is 1.11. The normalized spacial score (nSPS) is 11.3. The van der Waals surface area contributed by atoms with Crippen LogP contribution in [0.15, 0.2) is 30.3 Å². The molecule has 0 heterocycles. The van der Waals surface area contributed by atoms with Crippen LogP contribution in [0.2, 0.25) is 5.02 Å².